The monoisotopic (exact) mass is 205 g/mol. The first-order chi connectivity index (χ1) is 6.73. The molecule has 78 valence electrons. The first kappa shape index (κ1) is 9.30. The van der Waals surface area contributed by atoms with E-state index in [4.69, 9.17) is 7.10 Å². The molecule has 0 aliphatic rings. The molecule has 0 amide bonds. The fraction of sp³-hybridized carbons (Fsp3) is 0.444. The summed E-state index contributed by atoms with van der Waals surface area (Å²) in [4.78, 5) is 3.26. The zero-order chi connectivity index (χ0) is 11.8. The van der Waals surface area contributed by atoms with Crippen molar-refractivity contribution >= 4 is 5.82 Å². The van der Waals surface area contributed by atoms with Crippen LogP contribution < -0.4 is 5.73 Å². The molecule has 0 fully saturated rings. The van der Waals surface area contributed by atoms with Gasteiger partial charge in [0.15, 0.2) is 0 Å². The van der Waals surface area contributed by atoms with Crippen LogP contribution in [0.2, 0.25) is 0 Å². The van der Waals surface area contributed by atoms with Crippen LogP contribution >= 0.6 is 0 Å². The van der Waals surface area contributed by atoms with E-state index in [1.165, 1.54) is 19.9 Å². The van der Waals surface area contributed by atoms with Crippen LogP contribution in [0.5, 0.6) is 0 Å². The minimum absolute atomic E-state index is 0.0285. The third kappa shape index (κ3) is 1.97. The van der Waals surface area contributed by atoms with Gasteiger partial charge in [-0.3, -0.25) is 0 Å². The summed E-state index contributed by atoms with van der Waals surface area (Å²) >= 11 is 0. The highest BCUT2D eigenvalue weighted by atomic mass is 19.4. The van der Waals surface area contributed by atoms with Crippen molar-refractivity contribution in [2.45, 2.75) is 26.4 Å². The molecule has 0 bridgehead atoms. The number of hydrogen-bond donors (Lipinski definition) is 1. The molecule has 0 aromatic carbocycles. The van der Waals surface area contributed by atoms with E-state index in [1.54, 1.807) is 0 Å². The van der Waals surface area contributed by atoms with Crippen LogP contribution in [0, 0.1) is 6.92 Å². The number of anilines is 1. The minimum atomic E-state index is -4.52. The number of pyridine rings is 1. The molecular formula is C9H11F3N2. The maximum atomic E-state index is 12.5. The molecular weight excluding hydrogens is 193 g/mol. The SMILES string of the molecule is [2H]C(C)c1cc(N)nc(C(F)(F)F)c1C. The Morgan fingerprint density at radius 2 is 2.14 bits per heavy atom. The van der Waals surface area contributed by atoms with Gasteiger partial charge in [0.05, 0.1) is 0 Å². The van der Waals surface area contributed by atoms with Gasteiger partial charge >= 0.3 is 6.18 Å². The third-order valence-electron chi connectivity index (χ3n) is 1.91. The molecule has 0 aliphatic heterocycles. The first-order valence-electron chi connectivity index (χ1n) is 4.57. The Labute approximate surface area is 81.4 Å². The summed E-state index contributed by atoms with van der Waals surface area (Å²) in [5.74, 6) is -0.206. The van der Waals surface area contributed by atoms with Crippen molar-refractivity contribution in [1.29, 1.82) is 0 Å². The van der Waals surface area contributed by atoms with Crippen LogP contribution in [0.4, 0.5) is 19.0 Å². The average molecular weight is 205 g/mol. The molecule has 0 saturated carbocycles. The number of hydrogen-bond acceptors (Lipinski definition) is 2. The molecule has 1 rings (SSSR count). The highest BCUT2D eigenvalue weighted by Crippen LogP contribution is 2.32. The van der Waals surface area contributed by atoms with Crippen LogP contribution in [0.3, 0.4) is 0 Å². The van der Waals surface area contributed by atoms with Gasteiger partial charge in [-0.15, -0.1) is 0 Å². The number of alkyl halides is 3. The summed E-state index contributed by atoms with van der Waals surface area (Å²) in [6, 6.07) is 1.31. The predicted octanol–water partition coefficient (Wildman–Crippen LogP) is 2.55. The molecule has 2 nitrogen and oxygen atoms in total. The lowest BCUT2D eigenvalue weighted by molar-refractivity contribution is -0.141. The van der Waals surface area contributed by atoms with E-state index in [-0.39, 0.29) is 16.9 Å². The molecule has 14 heavy (non-hydrogen) atoms. The van der Waals surface area contributed by atoms with Gasteiger partial charge in [-0.1, -0.05) is 6.92 Å². The number of nitrogens with zero attached hydrogens (tertiary/aromatic N) is 1. The second-order valence-electron chi connectivity index (χ2n) is 2.90. The van der Waals surface area contributed by atoms with Crippen molar-refractivity contribution in [1.82, 2.24) is 4.98 Å². The Morgan fingerprint density at radius 1 is 1.57 bits per heavy atom. The summed E-state index contributed by atoms with van der Waals surface area (Å²) < 4.78 is 44.9. The smallest absolute Gasteiger partial charge is 0.384 e. The minimum Gasteiger partial charge on any atom is -0.384 e. The van der Waals surface area contributed by atoms with Crippen molar-refractivity contribution in [3.8, 4) is 0 Å². The summed E-state index contributed by atoms with van der Waals surface area (Å²) in [5, 5.41) is 0. The average Bonchev–Trinajstić information content (AvgIpc) is 2.06. The molecule has 1 aromatic heterocycles. The van der Waals surface area contributed by atoms with E-state index in [2.05, 4.69) is 4.98 Å². The lowest BCUT2D eigenvalue weighted by Crippen LogP contribution is -2.13. The number of halogens is 3. The standard InChI is InChI=1S/C9H11F3N2/c1-3-6-4-7(13)14-8(5(6)2)9(10,11)12/h4H,3H2,1-2H3,(H2,13,14)/i3D. The zero-order valence-corrected chi connectivity index (χ0v) is 7.81. The van der Waals surface area contributed by atoms with Gasteiger partial charge < -0.3 is 5.73 Å². The molecule has 1 heterocycles. The molecule has 1 aromatic rings. The van der Waals surface area contributed by atoms with E-state index < -0.39 is 18.3 Å². The van der Waals surface area contributed by atoms with Crippen molar-refractivity contribution in [2.24, 2.45) is 0 Å². The van der Waals surface area contributed by atoms with Crippen LogP contribution in [0.25, 0.3) is 0 Å². The summed E-state index contributed by atoms with van der Waals surface area (Å²) in [6.45, 7) is 2.79. The quantitative estimate of drug-likeness (QED) is 0.765. The second-order valence-corrected chi connectivity index (χ2v) is 2.90. The molecule has 0 spiro atoms. The van der Waals surface area contributed by atoms with Gasteiger partial charge in [-0.2, -0.15) is 13.2 Å². The summed E-state index contributed by atoms with van der Waals surface area (Å²) in [6.07, 6.45) is -5.28. The molecule has 0 radical (unpaired) electrons. The highest BCUT2D eigenvalue weighted by molar-refractivity contribution is 5.41. The van der Waals surface area contributed by atoms with Crippen LogP contribution in [-0.2, 0) is 12.6 Å². The lowest BCUT2D eigenvalue weighted by atomic mass is 10.1. The van der Waals surface area contributed by atoms with Gasteiger partial charge in [0.25, 0.3) is 0 Å². The fourth-order valence-corrected chi connectivity index (χ4v) is 1.23. The zero-order valence-electron chi connectivity index (χ0n) is 8.81. The Hall–Kier alpha value is -1.26. The molecule has 1 atom stereocenters. The number of nitrogens with two attached hydrogens (primary N) is 1. The number of rotatable bonds is 1. The Morgan fingerprint density at radius 3 is 2.57 bits per heavy atom. The van der Waals surface area contributed by atoms with Crippen LogP contribution in [0.1, 0.15) is 25.1 Å². The van der Waals surface area contributed by atoms with E-state index in [0.29, 0.717) is 0 Å². The van der Waals surface area contributed by atoms with Crippen molar-refractivity contribution in [2.75, 3.05) is 5.73 Å². The largest absolute Gasteiger partial charge is 0.433 e. The van der Waals surface area contributed by atoms with E-state index in [9.17, 15) is 13.2 Å². The second kappa shape index (κ2) is 3.48. The molecule has 5 heteroatoms. The van der Waals surface area contributed by atoms with Crippen molar-refractivity contribution in [3.05, 3.63) is 22.9 Å². The van der Waals surface area contributed by atoms with E-state index in [0.717, 1.165) is 0 Å². The number of nitrogen functional groups attached to an aromatic ring is 1. The first-order valence-corrected chi connectivity index (χ1v) is 4.00. The van der Waals surface area contributed by atoms with Gasteiger partial charge in [-0.05, 0) is 30.5 Å². The van der Waals surface area contributed by atoms with Crippen molar-refractivity contribution in [3.63, 3.8) is 0 Å². The van der Waals surface area contributed by atoms with Gasteiger partial charge in [0.1, 0.15) is 11.5 Å². The normalized spacial score (nSPS) is 15.1. The maximum Gasteiger partial charge on any atom is 0.433 e. The lowest BCUT2D eigenvalue weighted by Gasteiger charge is -2.12. The molecule has 0 aliphatic carbocycles. The topological polar surface area (TPSA) is 38.9 Å². The van der Waals surface area contributed by atoms with Crippen LogP contribution in [0.15, 0.2) is 6.07 Å². The maximum absolute atomic E-state index is 12.5. The van der Waals surface area contributed by atoms with E-state index >= 15 is 0 Å². The predicted molar refractivity (Wildman–Crippen MR) is 47.8 cm³/mol. The molecule has 2 N–H and O–H groups in total. The van der Waals surface area contributed by atoms with E-state index in [1.807, 2.05) is 0 Å². The van der Waals surface area contributed by atoms with Gasteiger partial charge in [-0.25, -0.2) is 4.98 Å². The highest BCUT2D eigenvalue weighted by Gasteiger charge is 2.35. The third-order valence-corrected chi connectivity index (χ3v) is 1.91. The Kier molecular flexibility index (Phi) is 2.31. The van der Waals surface area contributed by atoms with Gasteiger partial charge in [0, 0.05) is 1.37 Å². The molecule has 1 unspecified atom stereocenters. The Bertz CT molecular complexity index is 374. The van der Waals surface area contributed by atoms with Crippen LogP contribution in [-0.4, -0.2) is 4.98 Å². The van der Waals surface area contributed by atoms with Crippen molar-refractivity contribution < 1.29 is 14.5 Å². The van der Waals surface area contributed by atoms with Gasteiger partial charge in [0.2, 0.25) is 0 Å². The number of aryl methyl sites for hydroxylation is 1. The molecule has 0 saturated heterocycles. The summed E-state index contributed by atoms with van der Waals surface area (Å²) in [5.41, 5.74) is 4.50. The summed E-state index contributed by atoms with van der Waals surface area (Å²) in [7, 11) is 0. The fourth-order valence-electron chi connectivity index (χ4n) is 1.23. The Balaban J connectivity index is 3.42. The number of aromatic nitrogens is 1.